The van der Waals surface area contributed by atoms with Crippen LogP contribution in [-0.4, -0.2) is 18.5 Å². The minimum atomic E-state index is 0.316. The molecule has 0 heterocycles. The molecule has 0 aromatic rings. The third kappa shape index (κ3) is 2.65. The Morgan fingerprint density at radius 3 is 2.59 bits per heavy atom. The fourth-order valence-electron chi connectivity index (χ4n) is 3.84. The van der Waals surface area contributed by atoms with E-state index in [1.54, 1.807) is 0 Å². The van der Waals surface area contributed by atoms with Gasteiger partial charge in [0.05, 0.1) is 0 Å². The minimum Gasteiger partial charge on any atom is -0.356 e. The summed E-state index contributed by atoms with van der Waals surface area (Å²) >= 11 is 0. The van der Waals surface area contributed by atoms with Gasteiger partial charge in [-0.1, -0.05) is 6.42 Å². The minimum absolute atomic E-state index is 0.316. The van der Waals surface area contributed by atoms with Crippen molar-refractivity contribution in [2.45, 2.75) is 51.0 Å². The lowest BCUT2D eigenvalue weighted by atomic mass is 9.86. The first-order chi connectivity index (χ1) is 8.22. The molecule has 3 saturated carbocycles. The third-order valence-electron chi connectivity index (χ3n) is 5.00. The lowest BCUT2D eigenvalue weighted by Crippen LogP contribution is -2.37. The van der Waals surface area contributed by atoms with Crippen molar-refractivity contribution in [1.29, 1.82) is 0 Å². The third-order valence-corrected chi connectivity index (χ3v) is 5.00. The summed E-state index contributed by atoms with van der Waals surface area (Å²) < 4.78 is 0. The Balaban J connectivity index is 1.39. The van der Waals surface area contributed by atoms with Crippen LogP contribution in [0.5, 0.6) is 0 Å². The summed E-state index contributed by atoms with van der Waals surface area (Å²) in [5.41, 5.74) is 5.96. The molecule has 3 aliphatic carbocycles. The topological polar surface area (TPSA) is 55.1 Å². The Labute approximate surface area is 104 Å². The maximum absolute atomic E-state index is 12.0. The van der Waals surface area contributed by atoms with E-state index >= 15 is 0 Å². The second-order valence-electron chi connectivity index (χ2n) is 6.46. The van der Waals surface area contributed by atoms with E-state index in [0.717, 1.165) is 44.1 Å². The summed E-state index contributed by atoms with van der Waals surface area (Å²) in [7, 11) is 0. The average molecular weight is 236 g/mol. The molecule has 0 aliphatic heterocycles. The van der Waals surface area contributed by atoms with Gasteiger partial charge in [0.2, 0.25) is 5.91 Å². The second-order valence-corrected chi connectivity index (χ2v) is 6.46. The van der Waals surface area contributed by atoms with Gasteiger partial charge in [0.1, 0.15) is 0 Å². The summed E-state index contributed by atoms with van der Waals surface area (Å²) in [5, 5.41) is 3.16. The maximum atomic E-state index is 12.0. The van der Waals surface area contributed by atoms with E-state index in [9.17, 15) is 4.79 Å². The highest BCUT2D eigenvalue weighted by Gasteiger charge is 2.47. The van der Waals surface area contributed by atoms with Gasteiger partial charge < -0.3 is 11.1 Å². The highest BCUT2D eigenvalue weighted by atomic mass is 16.1. The van der Waals surface area contributed by atoms with Gasteiger partial charge >= 0.3 is 0 Å². The lowest BCUT2D eigenvalue weighted by molar-refractivity contribution is -0.125. The molecule has 4 atom stereocenters. The molecule has 1 amide bonds. The van der Waals surface area contributed by atoms with Crippen LogP contribution in [0.4, 0.5) is 0 Å². The number of fused-ring (bicyclic) bond motifs is 1. The SMILES string of the molecule is NC1CCCC(CNC(=O)C2CC3CC3C2)C1. The van der Waals surface area contributed by atoms with Crippen molar-refractivity contribution in [3.63, 3.8) is 0 Å². The number of carbonyl (C=O) groups is 1. The Bertz CT molecular complexity index is 295. The normalized spacial score (nSPS) is 44.2. The van der Waals surface area contributed by atoms with E-state index in [4.69, 9.17) is 5.73 Å². The molecule has 0 aromatic heterocycles. The van der Waals surface area contributed by atoms with Gasteiger partial charge in [-0.05, 0) is 56.3 Å². The molecule has 0 bridgehead atoms. The van der Waals surface area contributed by atoms with E-state index < -0.39 is 0 Å². The zero-order valence-electron chi connectivity index (χ0n) is 10.5. The Morgan fingerprint density at radius 2 is 1.88 bits per heavy atom. The summed E-state index contributed by atoms with van der Waals surface area (Å²) in [5.74, 6) is 3.06. The Kier molecular flexibility index (Phi) is 3.12. The van der Waals surface area contributed by atoms with Crippen LogP contribution in [0.1, 0.15) is 44.9 Å². The Hall–Kier alpha value is -0.570. The molecule has 3 N–H and O–H groups in total. The number of amides is 1. The molecule has 3 nitrogen and oxygen atoms in total. The van der Waals surface area contributed by atoms with Crippen LogP contribution < -0.4 is 11.1 Å². The molecule has 0 aromatic carbocycles. The standard InChI is InChI=1S/C14H24N2O/c15-13-3-1-2-9(4-13)8-16-14(17)12-6-10-5-11(10)7-12/h9-13H,1-8,15H2,(H,16,17). The molecular weight excluding hydrogens is 212 g/mol. The molecule has 4 unspecified atom stereocenters. The first-order valence-electron chi connectivity index (χ1n) is 7.25. The van der Waals surface area contributed by atoms with Crippen molar-refractivity contribution in [3.8, 4) is 0 Å². The van der Waals surface area contributed by atoms with Gasteiger partial charge in [0.25, 0.3) is 0 Å². The number of rotatable bonds is 3. The predicted molar refractivity (Wildman–Crippen MR) is 67.3 cm³/mol. The number of nitrogens with one attached hydrogen (secondary N) is 1. The molecule has 17 heavy (non-hydrogen) atoms. The zero-order valence-corrected chi connectivity index (χ0v) is 10.5. The van der Waals surface area contributed by atoms with Gasteiger partial charge in [0.15, 0.2) is 0 Å². The monoisotopic (exact) mass is 236 g/mol. The summed E-state index contributed by atoms with van der Waals surface area (Å²) in [6.07, 6.45) is 8.43. The average Bonchev–Trinajstić information content (AvgIpc) is 2.93. The zero-order chi connectivity index (χ0) is 11.8. The number of nitrogens with two attached hydrogens (primary N) is 1. The van der Waals surface area contributed by atoms with E-state index in [1.807, 2.05) is 0 Å². The highest BCUT2D eigenvalue weighted by Crippen LogP contribution is 2.54. The molecule has 0 saturated heterocycles. The molecule has 3 heteroatoms. The van der Waals surface area contributed by atoms with Crippen molar-refractivity contribution >= 4 is 5.91 Å². The molecule has 96 valence electrons. The maximum Gasteiger partial charge on any atom is 0.223 e. The predicted octanol–water partition coefficient (Wildman–Crippen LogP) is 1.67. The number of hydrogen-bond donors (Lipinski definition) is 2. The van der Waals surface area contributed by atoms with Crippen molar-refractivity contribution in [1.82, 2.24) is 5.32 Å². The van der Waals surface area contributed by atoms with Crippen LogP contribution in [-0.2, 0) is 4.79 Å². The van der Waals surface area contributed by atoms with Crippen LogP contribution in [0.15, 0.2) is 0 Å². The molecule has 3 rings (SSSR count). The van der Waals surface area contributed by atoms with Gasteiger partial charge in [-0.15, -0.1) is 0 Å². The largest absolute Gasteiger partial charge is 0.356 e. The summed E-state index contributed by atoms with van der Waals surface area (Å²) in [4.78, 5) is 12.0. The van der Waals surface area contributed by atoms with Gasteiger partial charge in [-0.3, -0.25) is 4.79 Å². The molecule has 0 radical (unpaired) electrons. The fraction of sp³-hybridized carbons (Fsp3) is 0.929. The summed E-state index contributed by atoms with van der Waals surface area (Å²) in [6, 6.07) is 0.366. The molecular formula is C14H24N2O. The number of carbonyl (C=O) groups excluding carboxylic acids is 1. The van der Waals surface area contributed by atoms with E-state index in [0.29, 0.717) is 23.8 Å². The lowest BCUT2D eigenvalue weighted by Gasteiger charge is -2.27. The smallest absolute Gasteiger partial charge is 0.223 e. The van der Waals surface area contributed by atoms with Crippen LogP contribution in [0.3, 0.4) is 0 Å². The first-order valence-corrected chi connectivity index (χ1v) is 7.25. The van der Waals surface area contributed by atoms with Crippen LogP contribution in [0.25, 0.3) is 0 Å². The quantitative estimate of drug-likeness (QED) is 0.783. The van der Waals surface area contributed by atoms with Crippen LogP contribution in [0.2, 0.25) is 0 Å². The van der Waals surface area contributed by atoms with E-state index in [1.165, 1.54) is 19.3 Å². The first kappa shape index (κ1) is 11.5. The van der Waals surface area contributed by atoms with Gasteiger partial charge in [-0.2, -0.15) is 0 Å². The van der Waals surface area contributed by atoms with E-state index in [2.05, 4.69) is 5.32 Å². The van der Waals surface area contributed by atoms with Crippen molar-refractivity contribution in [3.05, 3.63) is 0 Å². The van der Waals surface area contributed by atoms with Crippen LogP contribution in [0, 0.1) is 23.7 Å². The van der Waals surface area contributed by atoms with Gasteiger partial charge in [0, 0.05) is 18.5 Å². The second kappa shape index (κ2) is 4.60. The summed E-state index contributed by atoms with van der Waals surface area (Å²) in [6.45, 7) is 0.859. The van der Waals surface area contributed by atoms with Crippen molar-refractivity contribution in [2.24, 2.45) is 29.4 Å². The Morgan fingerprint density at radius 1 is 1.12 bits per heavy atom. The van der Waals surface area contributed by atoms with Gasteiger partial charge in [-0.25, -0.2) is 0 Å². The highest BCUT2D eigenvalue weighted by molar-refractivity contribution is 5.79. The van der Waals surface area contributed by atoms with Crippen molar-refractivity contribution in [2.75, 3.05) is 6.54 Å². The number of hydrogen-bond acceptors (Lipinski definition) is 2. The molecule has 0 spiro atoms. The molecule has 3 fully saturated rings. The van der Waals surface area contributed by atoms with E-state index in [-0.39, 0.29) is 0 Å². The van der Waals surface area contributed by atoms with Crippen molar-refractivity contribution < 1.29 is 4.79 Å². The van der Waals surface area contributed by atoms with Crippen LogP contribution >= 0.6 is 0 Å². The fourth-order valence-corrected chi connectivity index (χ4v) is 3.84. The molecule has 3 aliphatic rings.